The maximum absolute atomic E-state index is 4.89. The first-order valence-corrected chi connectivity index (χ1v) is 8.99. The molecule has 0 bridgehead atoms. The molecular formula is C18H33N3. The fourth-order valence-electron chi connectivity index (χ4n) is 3.61. The molecule has 1 saturated carbocycles. The van der Waals surface area contributed by atoms with Gasteiger partial charge in [0.15, 0.2) is 0 Å². The first-order chi connectivity index (χ1) is 10.2. The summed E-state index contributed by atoms with van der Waals surface area (Å²) in [6.45, 7) is 8.95. The van der Waals surface area contributed by atoms with E-state index in [1.165, 1.54) is 74.7 Å². The summed E-state index contributed by atoms with van der Waals surface area (Å²) >= 11 is 0. The summed E-state index contributed by atoms with van der Waals surface area (Å²) < 4.78 is 2.36. The molecule has 0 radical (unpaired) electrons. The van der Waals surface area contributed by atoms with Gasteiger partial charge in [0, 0.05) is 5.69 Å². The summed E-state index contributed by atoms with van der Waals surface area (Å²) in [5, 5.41) is 8.38. The Hall–Kier alpha value is -0.830. The lowest BCUT2D eigenvalue weighted by Gasteiger charge is -2.17. The molecule has 1 aliphatic carbocycles. The number of rotatable bonds is 7. The normalized spacial score (nSPS) is 17.1. The summed E-state index contributed by atoms with van der Waals surface area (Å²) in [5.41, 5.74) is 4.18. The molecule has 1 fully saturated rings. The summed E-state index contributed by atoms with van der Waals surface area (Å²) in [6, 6.07) is 0.651. The van der Waals surface area contributed by atoms with Crippen LogP contribution < -0.4 is 5.32 Å². The Kier molecular flexibility index (Phi) is 6.75. The second-order valence-corrected chi connectivity index (χ2v) is 6.59. The van der Waals surface area contributed by atoms with Crippen LogP contribution >= 0.6 is 0 Å². The Morgan fingerprint density at radius 3 is 2.48 bits per heavy atom. The molecule has 1 heterocycles. The Bertz CT molecular complexity index is 414. The van der Waals surface area contributed by atoms with Crippen molar-refractivity contribution in [3.8, 4) is 0 Å². The number of nitrogens with one attached hydrogen (secondary N) is 1. The van der Waals surface area contributed by atoms with Gasteiger partial charge in [-0.3, -0.25) is 4.68 Å². The number of aromatic nitrogens is 2. The van der Waals surface area contributed by atoms with Crippen LogP contribution in [0.15, 0.2) is 0 Å². The van der Waals surface area contributed by atoms with Crippen LogP contribution in [0.3, 0.4) is 0 Å². The van der Waals surface area contributed by atoms with Gasteiger partial charge in [0.2, 0.25) is 0 Å². The van der Waals surface area contributed by atoms with Crippen LogP contribution in [0.5, 0.6) is 0 Å². The van der Waals surface area contributed by atoms with Crippen molar-refractivity contribution in [3.63, 3.8) is 0 Å². The lowest BCUT2D eigenvalue weighted by atomic mass is 10.1. The summed E-state index contributed by atoms with van der Waals surface area (Å²) in [7, 11) is 0. The highest BCUT2D eigenvalue weighted by Gasteiger charge is 2.19. The third-order valence-corrected chi connectivity index (χ3v) is 4.85. The second-order valence-electron chi connectivity index (χ2n) is 6.59. The monoisotopic (exact) mass is 291 g/mol. The van der Waals surface area contributed by atoms with Crippen molar-refractivity contribution in [1.29, 1.82) is 0 Å². The molecular weight excluding hydrogens is 258 g/mol. The average molecular weight is 291 g/mol. The fraction of sp³-hybridized carbons (Fsp3) is 0.833. The van der Waals surface area contributed by atoms with Gasteiger partial charge in [-0.05, 0) is 64.6 Å². The van der Waals surface area contributed by atoms with Crippen molar-refractivity contribution in [2.24, 2.45) is 0 Å². The van der Waals surface area contributed by atoms with Crippen molar-refractivity contribution >= 4 is 0 Å². The fourth-order valence-corrected chi connectivity index (χ4v) is 3.61. The highest BCUT2D eigenvalue weighted by molar-refractivity contribution is 5.25. The zero-order chi connectivity index (χ0) is 15.1. The van der Waals surface area contributed by atoms with Gasteiger partial charge in [-0.15, -0.1) is 0 Å². The third-order valence-electron chi connectivity index (χ3n) is 4.85. The van der Waals surface area contributed by atoms with E-state index in [4.69, 9.17) is 5.10 Å². The predicted molar refractivity (Wildman–Crippen MR) is 89.9 cm³/mol. The van der Waals surface area contributed by atoms with Gasteiger partial charge in [-0.2, -0.15) is 5.10 Å². The number of aryl methyl sites for hydroxylation is 1. The maximum Gasteiger partial charge on any atom is 0.0628 e. The predicted octanol–water partition coefficient (Wildman–Crippen LogP) is 4.33. The molecule has 0 aliphatic heterocycles. The minimum Gasteiger partial charge on any atom is -0.317 e. The van der Waals surface area contributed by atoms with Crippen LogP contribution in [0.25, 0.3) is 0 Å². The molecule has 1 N–H and O–H groups in total. The third kappa shape index (κ3) is 4.57. The first kappa shape index (κ1) is 16.5. The minimum absolute atomic E-state index is 0.651. The molecule has 120 valence electrons. The van der Waals surface area contributed by atoms with E-state index in [1.807, 2.05) is 0 Å². The van der Waals surface area contributed by atoms with Crippen LogP contribution in [-0.2, 0) is 6.42 Å². The van der Waals surface area contributed by atoms with Crippen molar-refractivity contribution < 1.29 is 0 Å². The summed E-state index contributed by atoms with van der Waals surface area (Å²) in [4.78, 5) is 0. The van der Waals surface area contributed by atoms with Gasteiger partial charge in [0.05, 0.1) is 11.7 Å². The molecule has 3 heteroatoms. The Balaban J connectivity index is 1.96. The molecule has 0 atom stereocenters. The van der Waals surface area contributed by atoms with E-state index in [1.54, 1.807) is 0 Å². The topological polar surface area (TPSA) is 29.9 Å². The van der Waals surface area contributed by atoms with Gasteiger partial charge in [0.25, 0.3) is 0 Å². The zero-order valence-corrected chi connectivity index (χ0v) is 14.2. The van der Waals surface area contributed by atoms with Crippen LogP contribution in [0.2, 0.25) is 0 Å². The number of hydrogen-bond acceptors (Lipinski definition) is 2. The van der Waals surface area contributed by atoms with Gasteiger partial charge >= 0.3 is 0 Å². The lowest BCUT2D eigenvalue weighted by Crippen LogP contribution is -2.16. The molecule has 1 aliphatic rings. The van der Waals surface area contributed by atoms with E-state index in [-0.39, 0.29) is 0 Å². The van der Waals surface area contributed by atoms with E-state index in [0.29, 0.717) is 6.04 Å². The quantitative estimate of drug-likeness (QED) is 0.598. The molecule has 0 spiro atoms. The van der Waals surface area contributed by atoms with Crippen LogP contribution in [0.1, 0.15) is 81.3 Å². The van der Waals surface area contributed by atoms with Crippen molar-refractivity contribution in [1.82, 2.24) is 15.1 Å². The molecule has 0 aromatic carbocycles. The Morgan fingerprint density at radius 1 is 1.10 bits per heavy atom. The first-order valence-electron chi connectivity index (χ1n) is 8.99. The van der Waals surface area contributed by atoms with Crippen molar-refractivity contribution in [2.45, 2.75) is 84.6 Å². The molecule has 3 nitrogen and oxygen atoms in total. The number of nitrogens with zero attached hydrogens (tertiary/aromatic N) is 2. The van der Waals surface area contributed by atoms with Gasteiger partial charge < -0.3 is 5.32 Å². The molecule has 2 rings (SSSR count). The van der Waals surface area contributed by atoms with E-state index >= 15 is 0 Å². The average Bonchev–Trinajstić information content (AvgIpc) is 2.69. The highest BCUT2D eigenvalue weighted by Crippen LogP contribution is 2.29. The summed E-state index contributed by atoms with van der Waals surface area (Å²) in [6.07, 6.45) is 11.8. The van der Waals surface area contributed by atoms with E-state index < -0.39 is 0 Å². The largest absolute Gasteiger partial charge is 0.317 e. The molecule has 0 amide bonds. The van der Waals surface area contributed by atoms with E-state index in [2.05, 4.69) is 30.8 Å². The standard InChI is InChI=1S/C18H33N3/c1-4-13-19-14-9-12-18-15(2)20-21(16(18)3)17-10-7-5-6-8-11-17/h17,19H,4-14H2,1-3H3. The molecule has 0 unspecified atom stereocenters. The lowest BCUT2D eigenvalue weighted by molar-refractivity contribution is 0.396. The molecule has 1 aromatic rings. The van der Waals surface area contributed by atoms with Crippen LogP contribution in [-0.4, -0.2) is 22.9 Å². The Labute approximate surface area is 130 Å². The molecule has 1 aromatic heterocycles. The van der Waals surface area contributed by atoms with Gasteiger partial charge in [-0.25, -0.2) is 0 Å². The van der Waals surface area contributed by atoms with E-state index in [9.17, 15) is 0 Å². The van der Waals surface area contributed by atoms with Crippen LogP contribution in [0, 0.1) is 13.8 Å². The molecule has 0 saturated heterocycles. The Morgan fingerprint density at radius 2 is 1.81 bits per heavy atom. The van der Waals surface area contributed by atoms with Crippen molar-refractivity contribution in [2.75, 3.05) is 13.1 Å². The minimum atomic E-state index is 0.651. The zero-order valence-electron chi connectivity index (χ0n) is 14.2. The SMILES string of the molecule is CCCNCCCc1c(C)nn(C2CCCCCC2)c1C. The second kappa shape index (κ2) is 8.57. The van der Waals surface area contributed by atoms with Gasteiger partial charge in [0.1, 0.15) is 0 Å². The number of hydrogen-bond donors (Lipinski definition) is 1. The van der Waals surface area contributed by atoms with E-state index in [0.717, 1.165) is 13.1 Å². The summed E-state index contributed by atoms with van der Waals surface area (Å²) in [5.74, 6) is 0. The van der Waals surface area contributed by atoms with Crippen molar-refractivity contribution in [3.05, 3.63) is 17.0 Å². The van der Waals surface area contributed by atoms with Gasteiger partial charge in [-0.1, -0.05) is 32.6 Å². The smallest absolute Gasteiger partial charge is 0.0628 e. The van der Waals surface area contributed by atoms with Crippen LogP contribution in [0.4, 0.5) is 0 Å². The molecule has 21 heavy (non-hydrogen) atoms. The highest BCUT2D eigenvalue weighted by atomic mass is 15.3. The maximum atomic E-state index is 4.89.